The fourth-order valence-electron chi connectivity index (χ4n) is 2.75. The van der Waals surface area contributed by atoms with Crippen molar-refractivity contribution in [3.8, 4) is 0 Å². The smallest absolute Gasteiger partial charge is 0.331 e. The Morgan fingerprint density at radius 1 is 1.12 bits per heavy atom. The first-order valence-electron chi connectivity index (χ1n) is 7.46. The maximum Gasteiger partial charge on any atom is 0.331 e. The molecule has 0 spiro atoms. The lowest BCUT2D eigenvalue weighted by molar-refractivity contribution is -0.119. The number of amides is 1. The Hall–Kier alpha value is -2.54. The van der Waals surface area contributed by atoms with E-state index in [2.05, 4.69) is 0 Å². The van der Waals surface area contributed by atoms with Gasteiger partial charge >= 0.3 is 5.69 Å². The van der Waals surface area contributed by atoms with E-state index >= 15 is 0 Å². The first kappa shape index (κ1) is 16.3. The second kappa shape index (κ2) is 6.16. The van der Waals surface area contributed by atoms with Gasteiger partial charge in [0, 0.05) is 44.5 Å². The molecule has 1 amide bonds. The zero-order chi connectivity index (χ0) is 17.4. The molecule has 1 aliphatic heterocycles. The highest BCUT2D eigenvalue weighted by Gasteiger charge is 2.25. The number of carbonyl (C=O) groups excluding carboxylic acids is 1. The first-order valence-corrected chi connectivity index (χ1v) is 7.84. The molecule has 2 heterocycles. The van der Waals surface area contributed by atoms with Crippen molar-refractivity contribution in [2.45, 2.75) is 6.54 Å². The Morgan fingerprint density at radius 3 is 2.62 bits per heavy atom. The van der Waals surface area contributed by atoms with Crippen LogP contribution in [0.15, 0.2) is 40.1 Å². The number of carbonyl (C=O) groups is 1. The predicted octanol–water partition coefficient (Wildman–Crippen LogP) is 0.683. The van der Waals surface area contributed by atoms with Crippen molar-refractivity contribution >= 4 is 28.9 Å². The summed E-state index contributed by atoms with van der Waals surface area (Å²) >= 11 is 6.07. The molecule has 1 aromatic carbocycles. The largest absolute Gasteiger partial charge is 0.371 e. The maximum atomic E-state index is 12.7. The molecule has 0 atom stereocenters. The first-order chi connectivity index (χ1) is 11.4. The summed E-state index contributed by atoms with van der Waals surface area (Å²) in [5.41, 5.74) is 0.711. The molecule has 0 aliphatic carbocycles. The third-order valence-corrected chi connectivity index (χ3v) is 4.40. The summed E-state index contributed by atoms with van der Waals surface area (Å²) in [6.45, 7) is 1.05. The van der Waals surface area contributed by atoms with E-state index in [4.69, 9.17) is 11.6 Å². The third kappa shape index (κ3) is 2.82. The van der Waals surface area contributed by atoms with Crippen LogP contribution in [0.1, 0.15) is 0 Å². The van der Waals surface area contributed by atoms with Gasteiger partial charge in [-0.1, -0.05) is 11.6 Å². The topological polar surface area (TPSA) is 67.5 Å². The summed E-state index contributed by atoms with van der Waals surface area (Å²) in [5, 5.41) is 0.543. The van der Waals surface area contributed by atoms with Crippen LogP contribution in [0.2, 0.25) is 5.02 Å². The SMILES string of the molecule is CN1CCN(C(=O)Cn2ccc(=O)n(C)c2=O)c2cc(Cl)ccc21. The lowest BCUT2D eigenvalue weighted by atomic mass is 10.1. The summed E-state index contributed by atoms with van der Waals surface area (Å²) < 4.78 is 2.20. The molecule has 0 radical (unpaired) electrons. The average Bonchev–Trinajstić information content (AvgIpc) is 2.55. The fourth-order valence-corrected chi connectivity index (χ4v) is 2.92. The lowest BCUT2D eigenvalue weighted by Crippen LogP contribution is -2.46. The Labute approximate surface area is 143 Å². The number of anilines is 2. The Kier molecular flexibility index (Phi) is 4.19. The average molecular weight is 349 g/mol. The molecule has 7 nitrogen and oxygen atoms in total. The summed E-state index contributed by atoms with van der Waals surface area (Å²) in [4.78, 5) is 39.9. The van der Waals surface area contributed by atoms with Crippen LogP contribution in [0, 0.1) is 0 Å². The maximum absolute atomic E-state index is 12.7. The van der Waals surface area contributed by atoms with Gasteiger partial charge < -0.3 is 9.80 Å². The molecule has 0 bridgehead atoms. The van der Waals surface area contributed by atoms with Crippen molar-refractivity contribution in [2.24, 2.45) is 7.05 Å². The number of benzene rings is 1. The van der Waals surface area contributed by atoms with Crippen LogP contribution in [0.3, 0.4) is 0 Å². The number of hydrogen-bond acceptors (Lipinski definition) is 4. The van der Waals surface area contributed by atoms with Gasteiger partial charge in [0.25, 0.3) is 5.56 Å². The number of likely N-dealkylation sites (N-methyl/N-ethyl adjacent to an activating group) is 1. The minimum atomic E-state index is -0.517. The van der Waals surface area contributed by atoms with Gasteiger partial charge in [0.15, 0.2) is 0 Å². The Balaban J connectivity index is 1.94. The number of aromatic nitrogens is 2. The molecule has 0 N–H and O–H groups in total. The molecule has 126 valence electrons. The van der Waals surface area contributed by atoms with E-state index in [0.29, 0.717) is 18.1 Å². The van der Waals surface area contributed by atoms with E-state index in [-0.39, 0.29) is 12.5 Å². The summed E-state index contributed by atoms with van der Waals surface area (Å²) in [6.07, 6.45) is 1.34. The van der Waals surface area contributed by atoms with Crippen molar-refractivity contribution in [3.05, 3.63) is 56.3 Å². The van der Waals surface area contributed by atoms with E-state index in [1.165, 1.54) is 23.9 Å². The van der Waals surface area contributed by atoms with E-state index in [1.807, 2.05) is 18.0 Å². The highest BCUT2D eigenvalue weighted by Crippen LogP contribution is 2.34. The summed E-state index contributed by atoms with van der Waals surface area (Å²) in [6, 6.07) is 6.66. The van der Waals surface area contributed by atoms with Crippen LogP contribution in [-0.4, -0.2) is 35.2 Å². The van der Waals surface area contributed by atoms with Gasteiger partial charge in [0.2, 0.25) is 5.91 Å². The molecule has 24 heavy (non-hydrogen) atoms. The van der Waals surface area contributed by atoms with Crippen LogP contribution < -0.4 is 21.0 Å². The van der Waals surface area contributed by atoms with Crippen LogP contribution in [0.5, 0.6) is 0 Å². The summed E-state index contributed by atoms with van der Waals surface area (Å²) in [7, 11) is 3.34. The highest BCUT2D eigenvalue weighted by molar-refractivity contribution is 6.31. The van der Waals surface area contributed by atoms with Crippen molar-refractivity contribution in [3.63, 3.8) is 0 Å². The zero-order valence-electron chi connectivity index (χ0n) is 13.4. The molecule has 0 saturated heterocycles. The lowest BCUT2D eigenvalue weighted by Gasteiger charge is -2.35. The minimum absolute atomic E-state index is 0.136. The molecule has 0 saturated carbocycles. The number of hydrogen-bond donors (Lipinski definition) is 0. The van der Waals surface area contributed by atoms with Crippen LogP contribution in [0.25, 0.3) is 0 Å². The molecule has 8 heteroatoms. The zero-order valence-corrected chi connectivity index (χ0v) is 14.2. The molecule has 0 unspecified atom stereocenters. The van der Waals surface area contributed by atoms with Gasteiger partial charge in [-0.15, -0.1) is 0 Å². The molecule has 0 fully saturated rings. The Morgan fingerprint density at radius 2 is 1.88 bits per heavy atom. The molecule has 2 aromatic rings. The third-order valence-electron chi connectivity index (χ3n) is 4.17. The fraction of sp³-hybridized carbons (Fsp3) is 0.312. The quantitative estimate of drug-likeness (QED) is 0.800. The summed E-state index contributed by atoms with van der Waals surface area (Å²) in [5.74, 6) is -0.229. The van der Waals surface area contributed by atoms with Crippen LogP contribution >= 0.6 is 11.6 Å². The van der Waals surface area contributed by atoms with E-state index in [1.54, 1.807) is 17.0 Å². The van der Waals surface area contributed by atoms with E-state index < -0.39 is 11.2 Å². The van der Waals surface area contributed by atoms with Gasteiger partial charge in [0.1, 0.15) is 6.54 Å². The van der Waals surface area contributed by atoms with Crippen LogP contribution in [0.4, 0.5) is 11.4 Å². The molecule has 1 aromatic heterocycles. The van der Waals surface area contributed by atoms with Gasteiger partial charge in [-0.25, -0.2) is 4.79 Å². The Bertz CT molecular complexity index is 918. The normalized spacial score (nSPS) is 13.8. The van der Waals surface area contributed by atoms with Crippen molar-refractivity contribution in [1.29, 1.82) is 0 Å². The van der Waals surface area contributed by atoms with E-state index in [0.717, 1.165) is 15.9 Å². The van der Waals surface area contributed by atoms with Gasteiger partial charge in [-0.05, 0) is 18.2 Å². The second-order valence-electron chi connectivity index (χ2n) is 5.72. The molecular weight excluding hydrogens is 332 g/mol. The van der Waals surface area contributed by atoms with Crippen molar-refractivity contribution in [1.82, 2.24) is 9.13 Å². The van der Waals surface area contributed by atoms with Crippen molar-refractivity contribution < 1.29 is 4.79 Å². The predicted molar refractivity (Wildman–Crippen MR) is 93.0 cm³/mol. The standard InChI is InChI=1S/C16H17ClN4O3/c1-18-7-8-21(13-9-11(17)3-4-12(13)18)15(23)10-20-6-5-14(22)19(2)16(20)24/h3-6,9H,7-8,10H2,1-2H3. The van der Waals surface area contributed by atoms with Crippen molar-refractivity contribution in [2.75, 3.05) is 29.9 Å². The van der Waals surface area contributed by atoms with E-state index in [9.17, 15) is 14.4 Å². The van der Waals surface area contributed by atoms with Gasteiger partial charge in [-0.2, -0.15) is 0 Å². The number of nitrogens with zero attached hydrogens (tertiary/aromatic N) is 4. The molecular formula is C16H17ClN4O3. The number of fused-ring (bicyclic) bond motifs is 1. The molecule has 1 aliphatic rings. The van der Waals surface area contributed by atoms with Crippen LogP contribution in [-0.2, 0) is 18.4 Å². The minimum Gasteiger partial charge on any atom is -0.371 e. The number of halogens is 1. The number of rotatable bonds is 2. The second-order valence-corrected chi connectivity index (χ2v) is 6.16. The van der Waals surface area contributed by atoms with Gasteiger partial charge in [-0.3, -0.25) is 18.7 Å². The monoisotopic (exact) mass is 348 g/mol. The molecule has 3 rings (SSSR count). The van der Waals surface area contributed by atoms with Gasteiger partial charge in [0.05, 0.1) is 11.4 Å². The highest BCUT2D eigenvalue weighted by atomic mass is 35.5.